The molecule has 1 heterocycles. The monoisotopic (exact) mass is 314 g/mol. The number of benzene rings is 1. The molecule has 0 unspecified atom stereocenters. The van der Waals surface area contributed by atoms with Gasteiger partial charge in [0, 0.05) is 31.4 Å². The van der Waals surface area contributed by atoms with Crippen LogP contribution >= 0.6 is 0 Å². The highest BCUT2D eigenvalue weighted by Crippen LogP contribution is 2.17. The van der Waals surface area contributed by atoms with E-state index in [4.69, 9.17) is 4.74 Å². The van der Waals surface area contributed by atoms with E-state index in [-0.39, 0.29) is 12.3 Å². The molecule has 0 aliphatic rings. The minimum absolute atomic E-state index is 0.0917. The number of nitrogens with zero attached hydrogens (tertiary/aromatic N) is 3. The van der Waals surface area contributed by atoms with Crippen LogP contribution in [-0.4, -0.2) is 37.1 Å². The van der Waals surface area contributed by atoms with Crippen LogP contribution in [0.2, 0.25) is 0 Å². The van der Waals surface area contributed by atoms with Gasteiger partial charge in [-0.25, -0.2) is 9.97 Å². The number of para-hydroxylation sites is 1. The molecule has 2 aromatic rings. The van der Waals surface area contributed by atoms with Gasteiger partial charge in [-0.15, -0.1) is 0 Å². The molecular formula is C17H22N4O2. The number of carbonyl (C=O) groups excluding carboxylic acids is 1. The van der Waals surface area contributed by atoms with Gasteiger partial charge in [0.25, 0.3) is 0 Å². The van der Waals surface area contributed by atoms with Gasteiger partial charge in [0.2, 0.25) is 5.91 Å². The van der Waals surface area contributed by atoms with Crippen LogP contribution in [0.5, 0.6) is 5.75 Å². The zero-order chi connectivity index (χ0) is 16.8. The first-order valence-corrected chi connectivity index (χ1v) is 7.40. The highest BCUT2D eigenvalue weighted by molar-refractivity contribution is 5.79. The summed E-state index contributed by atoms with van der Waals surface area (Å²) in [5.41, 5.74) is 1.73. The Morgan fingerprint density at radius 3 is 2.70 bits per heavy atom. The van der Waals surface area contributed by atoms with E-state index in [1.54, 1.807) is 7.11 Å². The molecule has 0 spiro atoms. The second kappa shape index (κ2) is 7.58. The molecule has 0 atom stereocenters. The van der Waals surface area contributed by atoms with E-state index in [9.17, 15) is 4.79 Å². The molecule has 23 heavy (non-hydrogen) atoms. The SMILES string of the molecule is COc1ccccc1CC(=O)NCc1nc(C)cc(N(C)C)n1. The summed E-state index contributed by atoms with van der Waals surface area (Å²) in [6, 6.07) is 9.39. The molecule has 1 aromatic carbocycles. The van der Waals surface area contributed by atoms with Crippen LogP contribution in [0.15, 0.2) is 30.3 Å². The lowest BCUT2D eigenvalue weighted by Crippen LogP contribution is -2.26. The summed E-state index contributed by atoms with van der Waals surface area (Å²) in [5.74, 6) is 2.05. The number of amides is 1. The second-order valence-electron chi connectivity index (χ2n) is 5.44. The van der Waals surface area contributed by atoms with Gasteiger partial charge >= 0.3 is 0 Å². The van der Waals surface area contributed by atoms with Crippen LogP contribution in [0.3, 0.4) is 0 Å². The summed E-state index contributed by atoms with van der Waals surface area (Å²) in [6.45, 7) is 2.21. The maximum Gasteiger partial charge on any atom is 0.224 e. The molecule has 0 saturated heterocycles. The standard InChI is InChI=1S/C17H22N4O2/c1-12-9-16(21(2)3)20-15(19-12)11-18-17(22)10-13-7-5-6-8-14(13)23-4/h5-9H,10-11H2,1-4H3,(H,18,22). The number of hydrogen-bond donors (Lipinski definition) is 1. The Balaban J connectivity index is 1.99. The van der Waals surface area contributed by atoms with Gasteiger partial charge in [-0.3, -0.25) is 4.79 Å². The zero-order valence-corrected chi connectivity index (χ0v) is 14.0. The first-order chi connectivity index (χ1) is 11.0. The zero-order valence-electron chi connectivity index (χ0n) is 14.0. The molecule has 0 aliphatic carbocycles. The summed E-state index contributed by atoms with van der Waals surface area (Å²) < 4.78 is 5.26. The van der Waals surface area contributed by atoms with Crippen molar-refractivity contribution < 1.29 is 9.53 Å². The number of methoxy groups -OCH3 is 1. The number of rotatable bonds is 6. The first kappa shape index (κ1) is 16.7. The molecule has 122 valence electrons. The average molecular weight is 314 g/mol. The maximum absolute atomic E-state index is 12.1. The Morgan fingerprint density at radius 2 is 2.00 bits per heavy atom. The number of aromatic nitrogens is 2. The Bertz CT molecular complexity index is 686. The van der Waals surface area contributed by atoms with Crippen LogP contribution in [0.25, 0.3) is 0 Å². The number of ether oxygens (including phenoxy) is 1. The van der Waals surface area contributed by atoms with E-state index in [1.807, 2.05) is 56.3 Å². The number of anilines is 1. The summed E-state index contributed by atoms with van der Waals surface area (Å²) in [5, 5.41) is 2.85. The van der Waals surface area contributed by atoms with Gasteiger partial charge < -0.3 is 15.0 Å². The van der Waals surface area contributed by atoms with Crippen LogP contribution in [0.1, 0.15) is 17.1 Å². The molecular weight excluding hydrogens is 292 g/mol. The summed E-state index contributed by atoms with van der Waals surface area (Å²) >= 11 is 0. The van der Waals surface area contributed by atoms with Gasteiger partial charge in [0.15, 0.2) is 0 Å². The van der Waals surface area contributed by atoms with Crippen LogP contribution < -0.4 is 15.0 Å². The third-order valence-electron chi connectivity index (χ3n) is 3.33. The average Bonchev–Trinajstić information content (AvgIpc) is 2.53. The molecule has 0 radical (unpaired) electrons. The van der Waals surface area contributed by atoms with Gasteiger partial charge in [-0.05, 0) is 13.0 Å². The fourth-order valence-electron chi connectivity index (χ4n) is 2.18. The molecule has 0 fully saturated rings. The van der Waals surface area contributed by atoms with Gasteiger partial charge in [0.05, 0.1) is 20.1 Å². The predicted octanol–water partition coefficient (Wildman–Crippen LogP) is 1.72. The molecule has 1 amide bonds. The summed E-state index contributed by atoms with van der Waals surface area (Å²) in [4.78, 5) is 22.8. The van der Waals surface area contributed by atoms with Crippen molar-refractivity contribution in [2.45, 2.75) is 19.9 Å². The predicted molar refractivity (Wildman–Crippen MR) is 89.6 cm³/mol. The minimum Gasteiger partial charge on any atom is -0.496 e. The highest BCUT2D eigenvalue weighted by Gasteiger charge is 2.09. The van der Waals surface area contributed by atoms with Gasteiger partial charge in [-0.1, -0.05) is 18.2 Å². The van der Waals surface area contributed by atoms with Gasteiger partial charge in [0.1, 0.15) is 17.4 Å². The maximum atomic E-state index is 12.1. The third kappa shape index (κ3) is 4.67. The first-order valence-electron chi connectivity index (χ1n) is 7.40. The normalized spacial score (nSPS) is 10.3. The van der Waals surface area contributed by atoms with Crippen molar-refractivity contribution in [3.63, 3.8) is 0 Å². The molecule has 2 rings (SSSR count). The fraction of sp³-hybridized carbons (Fsp3) is 0.353. The quantitative estimate of drug-likeness (QED) is 0.879. The van der Waals surface area contributed by atoms with Crippen molar-refractivity contribution >= 4 is 11.7 Å². The molecule has 1 N–H and O–H groups in total. The molecule has 6 heteroatoms. The van der Waals surface area contributed by atoms with Crippen LogP contribution in [0, 0.1) is 6.92 Å². The topological polar surface area (TPSA) is 67.3 Å². The number of aryl methyl sites for hydroxylation is 1. The molecule has 6 nitrogen and oxygen atoms in total. The Morgan fingerprint density at radius 1 is 1.26 bits per heavy atom. The minimum atomic E-state index is -0.0917. The summed E-state index contributed by atoms with van der Waals surface area (Å²) in [6.07, 6.45) is 0.260. The lowest BCUT2D eigenvalue weighted by molar-refractivity contribution is -0.120. The smallest absolute Gasteiger partial charge is 0.224 e. The van der Waals surface area contributed by atoms with Crippen molar-refractivity contribution in [1.29, 1.82) is 0 Å². The van der Waals surface area contributed by atoms with E-state index in [2.05, 4.69) is 15.3 Å². The van der Waals surface area contributed by atoms with Crippen LogP contribution in [0.4, 0.5) is 5.82 Å². The van der Waals surface area contributed by atoms with E-state index in [0.29, 0.717) is 18.1 Å². The largest absolute Gasteiger partial charge is 0.496 e. The van der Waals surface area contributed by atoms with E-state index >= 15 is 0 Å². The van der Waals surface area contributed by atoms with Crippen molar-refractivity contribution in [2.75, 3.05) is 26.1 Å². The lowest BCUT2D eigenvalue weighted by Gasteiger charge is -2.13. The number of carbonyl (C=O) groups is 1. The Kier molecular flexibility index (Phi) is 5.51. The molecule has 0 saturated carbocycles. The van der Waals surface area contributed by atoms with Crippen molar-refractivity contribution in [1.82, 2.24) is 15.3 Å². The van der Waals surface area contributed by atoms with Crippen molar-refractivity contribution in [2.24, 2.45) is 0 Å². The molecule has 0 aliphatic heterocycles. The van der Waals surface area contributed by atoms with E-state index < -0.39 is 0 Å². The highest BCUT2D eigenvalue weighted by atomic mass is 16.5. The number of nitrogens with one attached hydrogen (secondary N) is 1. The van der Waals surface area contributed by atoms with Crippen molar-refractivity contribution in [3.8, 4) is 5.75 Å². The van der Waals surface area contributed by atoms with E-state index in [1.165, 1.54) is 0 Å². The Labute approximate surface area is 136 Å². The van der Waals surface area contributed by atoms with E-state index in [0.717, 1.165) is 17.1 Å². The summed E-state index contributed by atoms with van der Waals surface area (Å²) in [7, 11) is 5.44. The fourth-order valence-corrected chi connectivity index (χ4v) is 2.18. The Hall–Kier alpha value is -2.63. The number of hydrogen-bond acceptors (Lipinski definition) is 5. The van der Waals surface area contributed by atoms with Crippen LogP contribution in [-0.2, 0) is 17.8 Å². The third-order valence-corrected chi connectivity index (χ3v) is 3.33. The molecule has 1 aromatic heterocycles. The van der Waals surface area contributed by atoms with Crippen molar-refractivity contribution in [3.05, 3.63) is 47.4 Å². The second-order valence-corrected chi connectivity index (χ2v) is 5.44. The lowest BCUT2D eigenvalue weighted by atomic mass is 10.1. The molecule has 0 bridgehead atoms. The van der Waals surface area contributed by atoms with Gasteiger partial charge in [-0.2, -0.15) is 0 Å².